The molecule has 2 heterocycles. The molecule has 0 bridgehead atoms. The number of aromatic nitrogens is 2. The second-order valence-electron chi connectivity index (χ2n) is 3.85. The van der Waals surface area contributed by atoms with Gasteiger partial charge in [-0.1, -0.05) is 0 Å². The molecule has 90 valence electrons. The SMILES string of the molecule is CNc1ccc(-c2cc3cc(F)ccc3o2)nn1. The van der Waals surface area contributed by atoms with E-state index in [1.807, 2.05) is 0 Å². The van der Waals surface area contributed by atoms with Crippen LogP contribution >= 0.6 is 0 Å². The number of halogens is 1. The van der Waals surface area contributed by atoms with Crippen molar-refractivity contribution in [1.29, 1.82) is 0 Å². The smallest absolute Gasteiger partial charge is 0.155 e. The van der Waals surface area contributed by atoms with Gasteiger partial charge in [-0.3, -0.25) is 0 Å². The van der Waals surface area contributed by atoms with Crippen LogP contribution in [0.2, 0.25) is 0 Å². The zero-order valence-electron chi connectivity index (χ0n) is 9.64. The van der Waals surface area contributed by atoms with Gasteiger partial charge < -0.3 is 9.73 Å². The second-order valence-corrected chi connectivity index (χ2v) is 3.85. The van der Waals surface area contributed by atoms with E-state index in [-0.39, 0.29) is 5.82 Å². The van der Waals surface area contributed by atoms with Crippen molar-refractivity contribution in [3.63, 3.8) is 0 Å². The van der Waals surface area contributed by atoms with Crippen LogP contribution in [0.4, 0.5) is 10.2 Å². The van der Waals surface area contributed by atoms with Crippen molar-refractivity contribution >= 4 is 16.8 Å². The van der Waals surface area contributed by atoms with E-state index in [1.54, 1.807) is 31.3 Å². The van der Waals surface area contributed by atoms with Crippen molar-refractivity contribution in [3.8, 4) is 11.5 Å². The molecule has 0 aliphatic heterocycles. The fourth-order valence-corrected chi connectivity index (χ4v) is 1.74. The van der Waals surface area contributed by atoms with E-state index in [2.05, 4.69) is 15.5 Å². The van der Waals surface area contributed by atoms with Crippen LogP contribution in [0, 0.1) is 5.82 Å². The van der Waals surface area contributed by atoms with Crippen LogP contribution in [0.15, 0.2) is 40.8 Å². The predicted molar refractivity (Wildman–Crippen MR) is 66.7 cm³/mol. The number of fused-ring (bicyclic) bond motifs is 1. The first kappa shape index (κ1) is 10.7. The molecule has 3 aromatic rings. The molecule has 0 saturated heterocycles. The Balaban J connectivity index is 2.07. The number of hydrogen-bond acceptors (Lipinski definition) is 4. The summed E-state index contributed by atoms with van der Waals surface area (Å²) >= 11 is 0. The summed E-state index contributed by atoms with van der Waals surface area (Å²) in [5, 5.41) is 11.6. The van der Waals surface area contributed by atoms with Crippen molar-refractivity contribution in [3.05, 3.63) is 42.2 Å². The Morgan fingerprint density at radius 1 is 1.11 bits per heavy atom. The maximum Gasteiger partial charge on any atom is 0.155 e. The molecule has 0 unspecified atom stereocenters. The van der Waals surface area contributed by atoms with Crippen LogP contribution < -0.4 is 5.32 Å². The summed E-state index contributed by atoms with van der Waals surface area (Å²) in [6.45, 7) is 0. The molecule has 0 saturated carbocycles. The van der Waals surface area contributed by atoms with E-state index in [9.17, 15) is 4.39 Å². The summed E-state index contributed by atoms with van der Waals surface area (Å²) in [6.07, 6.45) is 0. The Bertz CT molecular complexity index is 691. The van der Waals surface area contributed by atoms with E-state index < -0.39 is 0 Å². The van der Waals surface area contributed by atoms with Gasteiger partial charge in [-0.2, -0.15) is 0 Å². The number of rotatable bonds is 2. The van der Waals surface area contributed by atoms with Crippen molar-refractivity contribution in [2.24, 2.45) is 0 Å². The number of nitrogens with one attached hydrogen (secondary N) is 1. The van der Waals surface area contributed by atoms with Crippen LogP contribution in [0.5, 0.6) is 0 Å². The molecule has 4 nitrogen and oxygen atoms in total. The van der Waals surface area contributed by atoms with Crippen LogP contribution in [-0.2, 0) is 0 Å². The zero-order valence-corrected chi connectivity index (χ0v) is 9.64. The van der Waals surface area contributed by atoms with Crippen molar-refractivity contribution in [2.75, 3.05) is 12.4 Å². The molecule has 0 atom stereocenters. The summed E-state index contributed by atoms with van der Waals surface area (Å²) in [5.41, 5.74) is 1.25. The minimum Gasteiger partial charge on any atom is -0.454 e. The lowest BCUT2D eigenvalue weighted by Gasteiger charge is -1.97. The van der Waals surface area contributed by atoms with Crippen LogP contribution in [-0.4, -0.2) is 17.2 Å². The first-order valence-corrected chi connectivity index (χ1v) is 5.47. The monoisotopic (exact) mass is 243 g/mol. The summed E-state index contributed by atoms with van der Waals surface area (Å²) < 4.78 is 18.7. The molecule has 3 rings (SSSR count). The standard InChI is InChI=1S/C13H10FN3O/c1-15-13-5-3-10(16-17-13)12-7-8-6-9(14)2-4-11(8)18-12/h2-7H,1H3,(H,15,17). The lowest BCUT2D eigenvalue weighted by atomic mass is 10.2. The molecule has 0 aliphatic rings. The van der Waals surface area contributed by atoms with Crippen molar-refractivity contribution < 1.29 is 8.81 Å². The van der Waals surface area contributed by atoms with Gasteiger partial charge in [-0.15, -0.1) is 10.2 Å². The third-order valence-corrected chi connectivity index (χ3v) is 2.65. The van der Waals surface area contributed by atoms with Crippen molar-refractivity contribution in [1.82, 2.24) is 10.2 Å². The van der Waals surface area contributed by atoms with Gasteiger partial charge in [-0.05, 0) is 36.4 Å². The van der Waals surface area contributed by atoms with Gasteiger partial charge in [0.15, 0.2) is 5.76 Å². The fourth-order valence-electron chi connectivity index (χ4n) is 1.74. The van der Waals surface area contributed by atoms with Gasteiger partial charge >= 0.3 is 0 Å². The van der Waals surface area contributed by atoms with Crippen LogP contribution in [0.1, 0.15) is 0 Å². The molecule has 18 heavy (non-hydrogen) atoms. The van der Waals surface area contributed by atoms with E-state index in [1.165, 1.54) is 12.1 Å². The number of benzene rings is 1. The number of nitrogens with zero attached hydrogens (tertiary/aromatic N) is 2. The summed E-state index contributed by atoms with van der Waals surface area (Å²) in [7, 11) is 1.77. The van der Waals surface area contributed by atoms with E-state index in [4.69, 9.17) is 4.42 Å². The molecular formula is C13H10FN3O. The number of anilines is 1. The molecule has 0 fully saturated rings. The molecule has 0 amide bonds. The third-order valence-electron chi connectivity index (χ3n) is 2.65. The molecule has 1 N–H and O–H groups in total. The Morgan fingerprint density at radius 3 is 2.72 bits per heavy atom. The first-order chi connectivity index (χ1) is 8.76. The van der Waals surface area contributed by atoms with Gasteiger partial charge in [0.25, 0.3) is 0 Å². The van der Waals surface area contributed by atoms with Gasteiger partial charge in [0.05, 0.1) is 0 Å². The highest BCUT2D eigenvalue weighted by atomic mass is 19.1. The lowest BCUT2D eigenvalue weighted by Crippen LogP contribution is -1.94. The minimum atomic E-state index is -0.286. The maximum atomic E-state index is 13.1. The van der Waals surface area contributed by atoms with Gasteiger partial charge in [0.1, 0.15) is 22.9 Å². The molecule has 0 aliphatic carbocycles. The summed E-state index contributed by atoms with van der Waals surface area (Å²) in [5.74, 6) is 0.970. The topological polar surface area (TPSA) is 51.0 Å². The number of hydrogen-bond donors (Lipinski definition) is 1. The minimum absolute atomic E-state index is 0.286. The molecular weight excluding hydrogens is 233 g/mol. The Kier molecular flexibility index (Phi) is 2.44. The summed E-state index contributed by atoms with van der Waals surface area (Å²) in [6, 6.07) is 9.75. The third kappa shape index (κ3) is 1.79. The molecule has 2 aromatic heterocycles. The van der Waals surface area contributed by atoms with Gasteiger partial charge in [-0.25, -0.2) is 4.39 Å². The molecule has 0 spiro atoms. The van der Waals surface area contributed by atoms with Crippen LogP contribution in [0.3, 0.4) is 0 Å². The highest BCUT2D eigenvalue weighted by Crippen LogP contribution is 2.26. The predicted octanol–water partition coefficient (Wildman–Crippen LogP) is 3.07. The first-order valence-electron chi connectivity index (χ1n) is 5.47. The average molecular weight is 243 g/mol. The van der Waals surface area contributed by atoms with Gasteiger partial charge in [0.2, 0.25) is 0 Å². The zero-order chi connectivity index (χ0) is 12.5. The highest BCUT2D eigenvalue weighted by Gasteiger charge is 2.08. The van der Waals surface area contributed by atoms with E-state index in [0.29, 0.717) is 28.2 Å². The lowest BCUT2D eigenvalue weighted by molar-refractivity contribution is 0.617. The van der Waals surface area contributed by atoms with Crippen LogP contribution in [0.25, 0.3) is 22.4 Å². The molecule has 5 heteroatoms. The summed E-state index contributed by atoms with van der Waals surface area (Å²) in [4.78, 5) is 0. The highest BCUT2D eigenvalue weighted by molar-refractivity contribution is 5.82. The average Bonchev–Trinajstić information content (AvgIpc) is 2.81. The Labute approximate surface area is 102 Å². The Hall–Kier alpha value is -2.43. The largest absolute Gasteiger partial charge is 0.454 e. The normalized spacial score (nSPS) is 10.8. The van der Waals surface area contributed by atoms with Gasteiger partial charge in [0, 0.05) is 12.4 Å². The fraction of sp³-hybridized carbons (Fsp3) is 0.0769. The quantitative estimate of drug-likeness (QED) is 0.751. The Morgan fingerprint density at radius 2 is 2.00 bits per heavy atom. The van der Waals surface area contributed by atoms with E-state index in [0.717, 1.165) is 0 Å². The number of furan rings is 1. The van der Waals surface area contributed by atoms with Crippen molar-refractivity contribution in [2.45, 2.75) is 0 Å². The maximum absolute atomic E-state index is 13.1. The molecule has 0 radical (unpaired) electrons. The van der Waals surface area contributed by atoms with E-state index >= 15 is 0 Å². The second kappa shape index (κ2) is 4.10. The molecule has 1 aromatic carbocycles.